The second-order valence-electron chi connectivity index (χ2n) is 6.96. The highest BCUT2D eigenvalue weighted by Gasteiger charge is 2.24. The number of nitrogens with zero attached hydrogens (tertiary/aromatic N) is 5. The average Bonchev–Trinajstić information content (AvgIpc) is 3.15. The van der Waals surface area contributed by atoms with Crippen LogP contribution in [0.25, 0.3) is 0 Å². The summed E-state index contributed by atoms with van der Waals surface area (Å²) < 4.78 is 16.7. The lowest BCUT2D eigenvalue weighted by Crippen LogP contribution is -2.25. The van der Waals surface area contributed by atoms with Crippen molar-refractivity contribution in [2.24, 2.45) is 5.92 Å². The SMILES string of the molecule is Cc1nn(CC(C)C(=O)Nc2nn(Cc3ccccc3F)cc2Cl)c(C)c1[N+](=O)[O-]. The molecule has 0 aliphatic rings. The minimum Gasteiger partial charge on any atom is -0.308 e. The van der Waals surface area contributed by atoms with Crippen LogP contribution in [-0.2, 0) is 17.9 Å². The van der Waals surface area contributed by atoms with E-state index < -0.39 is 10.8 Å². The maximum atomic E-state index is 13.8. The van der Waals surface area contributed by atoms with Gasteiger partial charge >= 0.3 is 5.69 Å². The Labute approximate surface area is 176 Å². The molecule has 9 nitrogen and oxygen atoms in total. The first kappa shape index (κ1) is 21.4. The Kier molecular flexibility index (Phi) is 6.16. The van der Waals surface area contributed by atoms with Gasteiger partial charge in [0.15, 0.2) is 5.82 Å². The largest absolute Gasteiger partial charge is 0.312 e. The summed E-state index contributed by atoms with van der Waals surface area (Å²) in [5.74, 6) is -1.13. The zero-order valence-electron chi connectivity index (χ0n) is 16.6. The smallest absolute Gasteiger partial charge is 0.308 e. The molecule has 2 aromatic heterocycles. The van der Waals surface area contributed by atoms with Gasteiger partial charge in [-0.15, -0.1) is 0 Å². The summed E-state index contributed by atoms with van der Waals surface area (Å²) in [7, 11) is 0. The van der Waals surface area contributed by atoms with E-state index in [9.17, 15) is 19.3 Å². The van der Waals surface area contributed by atoms with Gasteiger partial charge in [0.25, 0.3) is 0 Å². The van der Waals surface area contributed by atoms with Crippen LogP contribution >= 0.6 is 11.6 Å². The van der Waals surface area contributed by atoms with Crippen molar-refractivity contribution in [2.75, 3.05) is 5.32 Å². The number of nitrogens with one attached hydrogen (secondary N) is 1. The number of hydrogen-bond acceptors (Lipinski definition) is 5. The summed E-state index contributed by atoms with van der Waals surface area (Å²) in [4.78, 5) is 23.2. The molecule has 3 aromatic rings. The molecule has 11 heteroatoms. The molecule has 0 saturated carbocycles. The highest BCUT2D eigenvalue weighted by atomic mass is 35.5. The quantitative estimate of drug-likeness (QED) is 0.450. The van der Waals surface area contributed by atoms with Gasteiger partial charge in [0.1, 0.15) is 22.2 Å². The first-order valence-electron chi connectivity index (χ1n) is 9.13. The number of hydrogen-bond donors (Lipinski definition) is 1. The molecule has 0 saturated heterocycles. The van der Waals surface area contributed by atoms with Crippen molar-refractivity contribution in [1.82, 2.24) is 19.6 Å². The van der Waals surface area contributed by atoms with Gasteiger partial charge in [0.05, 0.1) is 23.9 Å². The third-order valence-electron chi connectivity index (χ3n) is 4.67. The first-order chi connectivity index (χ1) is 14.2. The molecule has 30 heavy (non-hydrogen) atoms. The van der Waals surface area contributed by atoms with Crippen LogP contribution in [0.3, 0.4) is 0 Å². The monoisotopic (exact) mass is 434 g/mol. The molecule has 158 valence electrons. The minimum atomic E-state index is -0.560. The van der Waals surface area contributed by atoms with Crippen LogP contribution in [0.2, 0.25) is 5.02 Å². The number of aryl methyl sites for hydroxylation is 1. The number of halogens is 2. The Bertz CT molecular complexity index is 1110. The van der Waals surface area contributed by atoms with E-state index in [1.54, 1.807) is 39.0 Å². The molecule has 0 aliphatic carbocycles. The summed E-state index contributed by atoms with van der Waals surface area (Å²) in [5.41, 5.74) is 1.05. The van der Waals surface area contributed by atoms with Gasteiger partial charge in [-0.1, -0.05) is 36.7 Å². The van der Waals surface area contributed by atoms with Crippen LogP contribution in [0.4, 0.5) is 15.9 Å². The first-order valence-corrected chi connectivity index (χ1v) is 9.50. The van der Waals surface area contributed by atoms with E-state index in [4.69, 9.17) is 11.6 Å². The topological polar surface area (TPSA) is 108 Å². The van der Waals surface area contributed by atoms with E-state index in [1.165, 1.54) is 21.6 Å². The summed E-state index contributed by atoms with van der Waals surface area (Å²) >= 11 is 6.16. The third kappa shape index (κ3) is 4.48. The lowest BCUT2D eigenvalue weighted by atomic mass is 10.1. The summed E-state index contributed by atoms with van der Waals surface area (Å²) in [6, 6.07) is 6.31. The van der Waals surface area contributed by atoms with E-state index in [2.05, 4.69) is 15.5 Å². The number of benzene rings is 1. The highest BCUT2D eigenvalue weighted by molar-refractivity contribution is 6.33. The Balaban J connectivity index is 1.69. The lowest BCUT2D eigenvalue weighted by molar-refractivity contribution is -0.386. The number of amides is 1. The second-order valence-corrected chi connectivity index (χ2v) is 7.37. The average molecular weight is 435 g/mol. The van der Waals surface area contributed by atoms with Crippen LogP contribution in [0.1, 0.15) is 23.9 Å². The van der Waals surface area contributed by atoms with Gasteiger partial charge in [-0.05, 0) is 19.9 Å². The van der Waals surface area contributed by atoms with Crippen molar-refractivity contribution in [2.45, 2.75) is 33.9 Å². The van der Waals surface area contributed by atoms with Gasteiger partial charge in [0, 0.05) is 11.8 Å². The van der Waals surface area contributed by atoms with E-state index in [0.29, 0.717) is 17.0 Å². The number of anilines is 1. The molecule has 1 amide bonds. The van der Waals surface area contributed by atoms with Crippen LogP contribution in [0, 0.1) is 35.7 Å². The number of rotatable bonds is 7. The van der Waals surface area contributed by atoms with Crippen LogP contribution in [0.15, 0.2) is 30.5 Å². The maximum Gasteiger partial charge on any atom is 0.312 e. The van der Waals surface area contributed by atoms with Crippen molar-refractivity contribution >= 4 is 29.0 Å². The van der Waals surface area contributed by atoms with E-state index in [0.717, 1.165) is 0 Å². The fraction of sp³-hybridized carbons (Fsp3) is 0.316. The molecule has 3 rings (SSSR count). The van der Waals surface area contributed by atoms with Gasteiger partial charge in [-0.25, -0.2) is 4.39 Å². The van der Waals surface area contributed by atoms with Gasteiger partial charge in [0.2, 0.25) is 5.91 Å². The molecule has 1 N–H and O–H groups in total. The fourth-order valence-electron chi connectivity index (χ4n) is 3.08. The lowest BCUT2D eigenvalue weighted by Gasteiger charge is -2.12. The third-order valence-corrected chi connectivity index (χ3v) is 4.95. The van der Waals surface area contributed by atoms with Crippen LogP contribution < -0.4 is 5.32 Å². The fourth-order valence-corrected chi connectivity index (χ4v) is 3.27. The zero-order chi connectivity index (χ0) is 22.0. The summed E-state index contributed by atoms with van der Waals surface area (Å²) in [6.07, 6.45) is 1.50. The summed E-state index contributed by atoms with van der Waals surface area (Å²) in [5, 5.41) is 22.4. The van der Waals surface area contributed by atoms with Crippen molar-refractivity contribution in [3.63, 3.8) is 0 Å². The molecule has 0 fully saturated rings. The molecule has 0 aliphatic heterocycles. The van der Waals surface area contributed by atoms with Crippen molar-refractivity contribution < 1.29 is 14.1 Å². The standard InChI is InChI=1S/C19H20ClFN6O3/c1-11(8-26-13(3)17(27(29)30)12(2)23-26)19(28)22-18-15(20)10-25(24-18)9-14-6-4-5-7-16(14)21/h4-7,10-11H,8-9H2,1-3H3,(H,22,24,28). The molecule has 0 bridgehead atoms. The predicted molar refractivity (Wildman–Crippen MR) is 109 cm³/mol. The van der Waals surface area contributed by atoms with E-state index in [-0.39, 0.29) is 41.3 Å². The Morgan fingerprint density at radius 2 is 2.03 bits per heavy atom. The van der Waals surface area contributed by atoms with Crippen LogP contribution in [-0.4, -0.2) is 30.4 Å². The molecule has 0 radical (unpaired) electrons. The zero-order valence-corrected chi connectivity index (χ0v) is 17.4. The van der Waals surface area contributed by atoms with Crippen molar-refractivity contribution in [3.05, 3.63) is 68.4 Å². The Hall–Kier alpha value is -3.27. The molecular weight excluding hydrogens is 415 g/mol. The second kappa shape index (κ2) is 8.62. The molecule has 2 heterocycles. The summed E-state index contributed by atoms with van der Waals surface area (Å²) in [6.45, 7) is 5.12. The highest BCUT2D eigenvalue weighted by Crippen LogP contribution is 2.24. The van der Waals surface area contributed by atoms with Gasteiger partial charge < -0.3 is 5.32 Å². The Morgan fingerprint density at radius 1 is 1.33 bits per heavy atom. The van der Waals surface area contributed by atoms with E-state index in [1.807, 2.05) is 0 Å². The number of carbonyl (C=O) groups is 1. The molecule has 1 atom stereocenters. The van der Waals surface area contributed by atoms with Gasteiger partial charge in [-0.3, -0.25) is 24.3 Å². The molecule has 0 spiro atoms. The molecular formula is C19H20ClFN6O3. The van der Waals surface area contributed by atoms with E-state index >= 15 is 0 Å². The predicted octanol–water partition coefficient (Wildman–Crippen LogP) is 3.72. The number of aromatic nitrogens is 4. The van der Waals surface area contributed by atoms with Gasteiger partial charge in [-0.2, -0.15) is 10.2 Å². The molecule has 1 aromatic carbocycles. The number of carbonyl (C=O) groups excluding carboxylic acids is 1. The maximum absolute atomic E-state index is 13.8. The Morgan fingerprint density at radius 3 is 2.67 bits per heavy atom. The van der Waals surface area contributed by atoms with Crippen molar-refractivity contribution in [1.29, 1.82) is 0 Å². The molecule has 1 unspecified atom stereocenters. The van der Waals surface area contributed by atoms with Crippen LogP contribution in [0.5, 0.6) is 0 Å². The van der Waals surface area contributed by atoms with Crippen molar-refractivity contribution in [3.8, 4) is 0 Å². The minimum absolute atomic E-state index is 0.0578. The number of nitro groups is 1. The normalized spacial score (nSPS) is 12.0.